The predicted molar refractivity (Wildman–Crippen MR) is 104 cm³/mol. The van der Waals surface area contributed by atoms with Crippen molar-refractivity contribution in [3.05, 3.63) is 29.3 Å². The zero-order valence-electron chi connectivity index (χ0n) is 16.1. The van der Waals surface area contributed by atoms with Crippen LogP contribution in [0.1, 0.15) is 36.8 Å². The maximum atomic E-state index is 13.0. The van der Waals surface area contributed by atoms with Crippen LogP contribution >= 0.6 is 0 Å². The fourth-order valence-corrected chi connectivity index (χ4v) is 5.81. The number of carbonyl (C=O) groups is 2. The van der Waals surface area contributed by atoms with E-state index >= 15 is 0 Å². The standard InChI is InChI=1S/C20H27N3O4S/c24-19-6-3-9-22(19)15-20(25)21-10-12-23(13-11-21)28(26,27)18-8-7-16-4-1-2-5-17(16)14-18/h7-8,14H,1-6,9-13,15H2. The largest absolute Gasteiger partial charge is 0.339 e. The van der Waals surface area contributed by atoms with E-state index in [9.17, 15) is 18.0 Å². The molecule has 1 aromatic rings. The van der Waals surface area contributed by atoms with Crippen LogP contribution in [0.15, 0.2) is 23.1 Å². The number of carbonyl (C=O) groups excluding carboxylic acids is 2. The molecular formula is C20H27N3O4S. The summed E-state index contributed by atoms with van der Waals surface area (Å²) in [6.45, 7) is 2.06. The molecule has 1 aliphatic carbocycles. The number of rotatable bonds is 4. The number of aryl methyl sites for hydroxylation is 2. The van der Waals surface area contributed by atoms with E-state index in [0.717, 1.165) is 37.7 Å². The van der Waals surface area contributed by atoms with Crippen LogP contribution in [0.25, 0.3) is 0 Å². The zero-order chi connectivity index (χ0) is 19.7. The summed E-state index contributed by atoms with van der Waals surface area (Å²) in [5, 5.41) is 0. The summed E-state index contributed by atoms with van der Waals surface area (Å²) in [4.78, 5) is 27.8. The Bertz CT molecular complexity index is 875. The smallest absolute Gasteiger partial charge is 0.243 e. The third-order valence-corrected chi connectivity index (χ3v) is 7.94. The van der Waals surface area contributed by atoms with Crippen molar-refractivity contribution in [1.29, 1.82) is 0 Å². The minimum absolute atomic E-state index is 0.0296. The molecule has 1 aromatic carbocycles. The number of fused-ring (bicyclic) bond motifs is 1. The Kier molecular flexibility index (Phi) is 5.42. The summed E-state index contributed by atoms with van der Waals surface area (Å²) in [5.74, 6) is -0.0666. The van der Waals surface area contributed by atoms with E-state index in [-0.39, 0.29) is 18.4 Å². The average molecular weight is 406 g/mol. The molecular weight excluding hydrogens is 378 g/mol. The van der Waals surface area contributed by atoms with Gasteiger partial charge in [0.15, 0.2) is 0 Å². The number of sulfonamides is 1. The lowest BCUT2D eigenvalue weighted by Gasteiger charge is -2.35. The second-order valence-corrected chi connectivity index (χ2v) is 9.78. The molecule has 3 aliphatic rings. The van der Waals surface area contributed by atoms with Crippen molar-refractivity contribution >= 4 is 21.8 Å². The molecule has 4 rings (SSSR count). The first kappa shape index (κ1) is 19.4. The van der Waals surface area contributed by atoms with Gasteiger partial charge in [0.05, 0.1) is 11.4 Å². The van der Waals surface area contributed by atoms with Crippen molar-refractivity contribution in [2.24, 2.45) is 0 Å². The van der Waals surface area contributed by atoms with Crippen LogP contribution in [0.5, 0.6) is 0 Å². The molecule has 0 spiro atoms. The first-order valence-electron chi connectivity index (χ1n) is 10.1. The molecule has 0 atom stereocenters. The molecule has 0 radical (unpaired) electrons. The lowest BCUT2D eigenvalue weighted by molar-refractivity contribution is -0.139. The Morgan fingerprint density at radius 3 is 2.29 bits per heavy atom. The summed E-state index contributed by atoms with van der Waals surface area (Å²) in [5.41, 5.74) is 2.41. The van der Waals surface area contributed by atoms with E-state index in [1.165, 1.54) is 9.87 Å². The second kappa shape index (κ2) is 7.83. The van der Waals surface area contributed by atoms with E-state index in [0.29, 0.717) is 44.0 Å². The molecule has 2 aliphatic heterocycles. The number of amides is 2. The topological polar surface area (TPSA) is 78.0 Å². The summed E-state index contributed by atoms with van der Waals surface area (Å²) in [6, 6.07) is 5.50. The Morgan fingerprint density at radius 2 is 1.61 bits per heavy atom. The highest BCUT2D eigenvalue weighted by Gasteiger charge is 2.32. The van der Waals surface area contributed by atoms with E-state index in [4.69, 9.17) is 0 Å². The Labute approximate surface area is 166 Å². The summed E-state index contributed by atoms with van der Waals surface area (Å²) in [6.07, 6.45) is 5.56. The van der Waals surface area contributed by atoms with Gasteiger partial charge in [0.25, 0.3) is 0 Å². The minimum Gasteiger partial charge on any atom is -0.339 e. The second-order valence-electron chi connectivity index (χ2n) is 7.84. The van der Waals surface area contributed by atoms with Gasteiger partial charge in [0, 0.05) is 39.1 Å². The van der Waals surface area contributed by atoms with Gasteiger partial charge >= 0.3 is 0 Å². The third-order valence-electron chi connectivity index (χ3n) is 6.05. The van der Waals surface area contributed by atoms with Crippen molar-refractivity contribution < 1.29 is 18.0 Å². The number of hydrogen-bond donors (Lipinski definition) is 0. The van der Waals surface area contributed by atoms with Gasteiger partial charge in [-0.15, -0.1) is 0 Å². The molecule has 2 saturated heterocycles. The van der Waals surface area contributed by atoms with Crippen molar-refractivity contribution in [3.63, 3.8) is 0 Å². The number of nitrogens with zero attached hydrogens (tertiary/aromatic N) is 3. The maximum absolute atomic E-state index is 13.0. The third kappa shape index (κ3) is 3.80. The van der Waals surface area contributed by atoms with Crippen LogP contribution in [-0.4, -0.2) is 73.6 Å². The molecule has 2 heterocycles. The highest BCUT2D eigenvalue weighted by molar-refractivity contribution is 7.89. The summed E-state index contributed by atoms with van der Waals surface area (Å²) < 4.78 is 27.6. The Hall–Kier alpha value is -1.93. The van der Waals surface area contributed by atoms with Gasteiger partial charge in [-0.25, -0.2) is 8.42 Å². The molecule has 0 bridgehead atoms. The summed E-state index contributed by atoms with van der Waals surface area (Å²) in [7, 11) is -3.54. The molecule has 0 unspecified atom stereocenters. The van der Waals surface area contributed by atoms with Crippen molar-refractivity contribution in [3.8, 4) is 0 Å². The van der Waals surface area contributed by atoms with Crippen LogP contribution in [0.3, 0.4) is 0 Å². The highest BCUT2D eigenvalue weighted by Crippen LogP contribution is 2.26. The molecule has 152 valence electrons. The lowest BCUT2D eigenvalue weighted by atomic mass is 9.92. The number of piperazine rings is 1. The molecule has 2 fully saturated rings. The van der Waals surface area contributed by atoms with E-state index in [2.05, 4.69) is 0 Å². The van der Waals surface area contributed by atoms with Gasteiger partial charge in [0.1, 0.15) is 0 Å². The van der Waals surface area contributed by atoms with Gasteiger partial charge in [-0.3, -0.25) is 9.59 Å². The van der Waals surface area contributed by atoms with E-state index in [1.807, 2.05) is 12.1 Å². The van der Waals surface area contributed by atoms with Crippen molar-refractivity contribution in [2.45, 2.75) is 43.4 Å². The molecule has 2 amide bonds. The Balaban J connectivity index is 1.38. The van der Waals surface area contributed by atoms with Gasteiger partial charge in [-0.05, 0) is 55.4 Å². The SMILES string of the molecule is O=C(CN1CCCC1=O)N1CCN(S(=O)(=O)c2ccc3c(c2)CCCC3)CC1. The number of likely N-dealkylation sites (tertiary alicyclic amines) is 1. The predicted octanol–water partition coefficient (Wildman–Crippen LogP) is 1.02. The zero-order valence-corrected chi connectivity index (χ0v) is 16.9. The van der Waals surface area contributed by atoms with Crippen LogP contribution in [0.4, 0.5) is 0 Å². The molecule has 0 aromatic heterocycles. The molecule has 8 heteroatoms. The molecule has 28 heavy (non-hydrogen) atoms. The minimum atomic E-state index is -3.54. The quantitative estimate of drug-likeness (QED) is 0.749. The van der Waals surface area contributed by atoms with Crippen molar-refractivity contribution in [1.82, 2.24) is 14.1 Å². The Morgan fingerprint density at radius 1 is 0.893 bits per heavy atom. The van der Waals surface area contributed by atoms with Crippen LogP contribution in [0, 0.1) is 0 Å². The van der Waals surface area contributed by atoms with E-state index < -0.39 is 10.0 Å². The molecule has 7 nitrogen and oxygen atoms in total. The number of hydrogen-bond acceptors (Lipinski definition) is 4. The van der Waals surface area contributed by atoms with Gasteiger partial charge in [-0.2, -0.15) is 4.31 Å². The van der Waals surface area contributed by atoms with Gasteiger partial charge < -0.3 is 9.80 Å². The maximum Gasteiger partial charge on any atom is 0.243 e. The van der Waals surface area contributed by atoms with Crippen LogP contribution < -0.4 is 0 Å². The van der Waals surface area contributed by atoms with Gasteiger partial charge in [-0.1, -0.05) is 6.07 Å². The average Bonchev–Trinajstić information content (AvgIpc) is 3.12. The van der Waals surface area contributed by atoms with Gasteiger partial charge in [0.2, 0.25) is 21.8 Å². The first-order chi connectivity index (χ1) is 13.4. The summed E-state index contributed by atoms with van der Waals surface area (Å²) >= 11 is 0. The highest BCUT2D eigenvalue weighted by atomic mass is 32.2. The van der Waals surface area contributed by atoms with E-state index in [1.54, 1.807) is 15.9 Å². The first-order valence-corrected chi connectivity index (χ1v) is 11.6. The van der Waals surface area contributed by atoms with Crippen molar-refractivity contribution in [2.75, 3.05) is 39.3 Å². The number of benzene rings is 1. The molecule has 0 saturated carbocycles. The lowest BCUT2D eigenvalue weighted by Crippen LogP contribution is -2.52. The fraction of sp³-hybridized carbons (Fsp3) is 0.600. The van der Waals surface area contributed by atoms with Crippen LogP contribution in [0.2, 0.25) is 0 Å². The fourth-order valence-electron chi connectivity index (χ4n) is 4.33. The van der Waals surface area contributed by atoms with Crippen LogP contribution in [-0.2, 0) is 32.5 Å². The monoisotopic (exact) mass is 405 g/mol. The molecule has 0 N–H and O–H groups in total. The normalized spacial score (nSPS) is 21.1.